The van der Waals surface area contributed by atoms with Crippen molar-refractivity contribution in [3.05, 3.63) is 117 Å². The summed E-state index contributed by atoms with van der Waals surface area (Å²) in [5, 5.41) is 2.93. The lowest BCUT2D eigenvalue weighted by Gasteiger charge is -2.13. The van der Waals surface area contributed by atoms with Crippen LogP contribution in [0.5, 0.6) is 5.75 Å². The SMILES string of the molecule is O=C1S/C(=C/c2ccc(OCc3cccc4ccccc34)cc2)C(=O)N1Cc1ccc(Cl)cc1Cl. The normalized spacial score (nSPS) is 14.8. The van der Waals surface area contributed by atoms with Gasteiger partial charge in [0, 0.05) is 10.0 Å². The van der Waals surface area contributed by atoms with Crippen LogP contribution in [0.1, 0.15) is 16.7 Å². The summed E-state index contributed by atoms with van der Waals surface area (Å²) in [4.78, 5) is 26.9. The van der Waals surface area contributed by atoms with E-state index in [-0.39, 0.29) is 17.7 Å². The average molecular weight is 520 g/mol. The Balaban J connectivity index is 1.26. The Morgan fingerprint density at radius 1 is 0.857 bits per heavy atom. The quantitative estimate of drug-likeness (QED) is 0.242. The molecule has 4 aromatic carbocycles. The molecule has 0 N–H and O–H groups in total. The van der Waals surface area contributed by atoms with Crippen molar-refractivity contribution in [1.29, 1.82) is 0 Å². The molecule has 1 saturated heterocycles. The minimum Gasteiger partial charge on any atom is -0.489 e. The van der Waals surface area contributed by atoms with Crippen molar-refractivity contribution < 1.29 is 14.3 Å². The standard InChI is InChI=1S/C28H19Cl2NO3S/c29-22-11-10-20(25(30)15-22)16-31-27(32)26(35-28(31)33)14-18-8-12-23(13-9-18)34-17-21-6-3-5-19-4-1-2-7-24(19)21/h1-15H,16-17H2/b26-14+. The number of hydrogen-bond acceptors (Lipinski definition) is 4. The second-order valence-electron chi connectivity index (χ2n) is 8.00. The molecule has 0 atom stereocenters. The predicted molar refractivity (Wildman–Crippen MR) is 143 cm³/mol. The Labute approximate surface area is 217 Å². The third-order valence-electron chi connectivity index (χ3n) is 5.67. The van der Waals surface area contributed by atoms with Crippen LogP contribution in [0.15, 0.2) is 89.8 Å². The first kappa shape index (κ1) is 23.5. The zero-order valence-corrected chi connectivity index (χ0v) is 20.7. The summed E-state index contributed by atoms with van der Waals surface area (Å²) in [7, 11) is 0. The van der Waals surface area contributed by atoms with Gasteiger partial charge in [-0.2, -0.15) is 0 Å². The molecule has 2 amide bonds. The fourth-order valence-corrected chi connectivity index (χ4v) is 5.15. The van der Waals surface area contributed by atoms with Gasteiger partial charge in [0.2, 0.25) is 0 Å². The number of thioether (sulfide) groups is 1. The van der Waals surface area contributed by atoms with E-state index in [4.69, 9.17) is 27.9 Å². The first-order chi connectivity index (χ1) is 17.0. The molecule has 7 heteroatoms. The van der Waals surface area contributed by atoms with Crippen LogP contribution in [0, 0.1) is 0 Å². The average Bonchev–Trinajstić information content (AvgIpc) is 3.12. The molecule has 0 radical (unpaired) electrons. The molecule has 0 unspecified atom stereocenters. The number of rotatable bonds is 6. The zero-order valence-electron chi connectivity index (χ0n) is 18.4. The fraction of sp³-hybridized carbons (Fsp3) is 0.0714. The van der Waals surface area contributed by atoms with Crippen LogP contribution >= 0.6 is 35.0 Å². The van der Waals surface area contributed by atoms with E-state index >= 15 is 0 Å². The minimum atomic E-state index is -0.345. The molecule has 1 heterocycles. The molecule has 1 fully saturated rings. The summed E-state index contributed by atoms with van der Waals surface area (Å²) >= 11 is 13.1. The molecule has 0 bridgehead atoms. The van der Waals surface area contributed by atoms with E-state index in [1.54, 1.807) is 24.3 Å². The van der Waals surface area contributed by atoms with E-state index in [0.29, 0.717) is 27.1 Å². The molecule has 0 spiro atoms. The number of carbonyl (C=O) groups is 2. The fourth-order valence-electron chi connectivity index (χ4n) is 3.85. The molecule has 35 heavy (non-hydrogen) atoms. The second-order valence-corrected chi connectivity index (χ2v) is 9.84. The molecule has 4 aromatic rings. The summed E-state index contributed by atoms with van der Waals surface area (Å²) < 4.78 is 5.99. The Hall–Kier alpha value is -3.25. The van der Waals surface area contributed by atoms with Crippen LogP contribution in [-0.2, 0) is 17.9 Å². The molecule has 0 aliphatic carbocycles. The highest BCUT2D eigenvalue weighted by atomic mass is 35.5. The molecular weight excluding hydrogens is 501 g/mol. The van der Waals surface area contributed by atoms with Gasteiger partial charge in [-0.3, -0.25) is 14.5 Å². The maximum atomic E-state index is 12.9. The summed E-state index contributed by atoms with van der Waals surface area (Å²) in [6, 6.07) is 26.8. The van der Waals surface area contributed by atoms with Crippen LogP contribution in [0.4, 0.5) is 4.79 Å². The molecule has 1 aliphatic heterocycles. The van der Waals surface area contributed by atoms with Crippen molar-refractivity contribution in [2.24, 2.45) is 0 Å². The number of fused-ring (bicyclic) bond motifs is 1. The van der Waals surface area contributed by atoms with Crippen LogP contribution in [0.25, 0.3) is 16.8 Å². The van der Waals surface area contributed by atoms with Gasteiger partial charge in [0.1, 0.15) is 12.4 Å². The largest absolute Gasteiger partial charge is 0.489 e. The van der Waals surface area contributed by atoms with Crippen LogP contribution < -0.4 is 4.74 Å². The van der Waals surface area contributed by atoms with Gasteiger partial charge in [0.05, 0.1) is 11.4 Å². The van der Waals surface area contributed by atoms with Gasteiger partial charge in [0.15, 0.2) is 0 Å². The van der Waals surface area contributed by atoms with Crippen molar-refractivity contribution in [2.75, 3.05) is 0 Å². The van der Waals surface area contributed by atoms with Gasteiger partial charge in [0.25, 0.3) is 11.1 Å². The maximum Gasteiger partial charge on any atom is 0.293 e. The number of imide groups is 1. The van der Waals surface area contributed by atoms with E-state index in [1.165, 1.54) is 15.7 Å². The lowest BCUT2D eigenvalue weighted by atomic mass is 10.1. The number of nitrogens with zero attached hydrogens (tertiary/aromatic N) is 1. The van der Waals surface area contributed by atoms with Gasteiger partial charge in [-0.05, 0) is 69.6 Å². The summed E-state index contributed by atoms with van der Waals surface area (Å²) in [5.74, 6) is 0.378. The summed E-state index contributed by atoms with van der Waals surface area (Å²) in [6.07, 6.45) is 1.71. The van der Waals surface area contributed by atoms with Gasteiger partial charge in [-0.25, -0.2) is 0 Å². The third-order valence-corrected chi connectivity index (χ3v) is 7.16. The summed E-state index contributed by atoms with van der Waals surface area (Å²) in [6.45, 7) is 0.547. The highest BCUT2D eigenvalue weighted by Gasteiger charge is 2.35. The van der Waals surface area contributed by atoms with Crippen LogP contribution in [0.3, 0.4) is 0 Å². The Kier molecular flexibility index (Phi) is 6.82. The van der Waals surface area contributed by atoms with Gasteiger partial charge < -0.3 is 4.74 Å². The molecule has 0 saturated carbocycles. The number of hydrogen-bond donors (Lipinski definition) is 0. The number of carbonyl (C=O) groups excluding carboxylic acids is 2. The van der Waals surface area contributed by atoms with Crippen molar-refractivity contribution in [1.82, 2.24) is 4.90 Å². The number of amides is 2. The number of halogens is 2. The van der Waals surface area contributed by atoms with Crippen LogP contribution in [0.2, 0.25) is 10.0 Å². The van der Waals surface area contributed by atoms with Gasteiger partial charge in [-0.1, -0.05) is 83.9 Å². The summed E-state index contributed by atoms with van der Waals surface area (Å²) in [5.41, 5.74) is 2.58. The molecule has 174 valence electrons. The van der Waals surface area contributed by atoms with E-state index in [1.807, 2.05) is 42.5 Å². The molecule has 4 nitrogen and oxygen atoms in total. The first-order valence-electron chi connectivity index (χ1n) is 10.9. The van der Waals surface area contributed by atoms with Gasteiger partial charge >= 0.3 is 0 Å². The molecule has 1 aliphatic rings. The lowest BCUT2D eigenvalue weighted by molar-refractivity contribution is -0.123. The van der Waals surface area contributed by atoms with E-state index < -0.39 is 0 Å². The first-order valence-corrected chi connectivity index (χ1v) is 12.4. The zero-order chi connectivity index (χ0) is 24.4. The minimum absolute atomic E-state index is 0.0962. The molecule has 5 rings (SSSR count). The monoisotopic (exact) mass is 519 g/mol. The smallest absolute Gasteiger partial charge is 0.293 e. The second kappa shape index (κ2) is 10.2. The van der Waals surface area contributed by atoms with E-state index in [2.05, 4.69) is 24.3 Å². The van der Waals surface area contributed by atoms with Gasteiger partial charge in [-0.15, -0.1) is 0 Å². The predicted octanol–water partition coefficient (Wildman–Crippen LogP) is 7.96. The topological polar surface area (TPSA) is 46.6 Å². The molecule has 0 aromatic heterocycles. The van der Waals surface area contributed by atoms with Crippen molar-refractivity contribution >= 4 is 63.0 Å². The highest BCUT2D eigenvalue weighted by molar-refractivity contribution is 8.18. The Morgan fingerprint density at radius 2 is 1.63 bits per heavy atom. The van der Waals surface area contributed by atoms with Crippen molar-refractivity contribution in [3.63, 3.8) is 0 Å². The number of ether oxygens (including phenoxy) is 1. The Bertz CT molecular complexity index is 1460. The van der Waals surface area contributed by atoms with Crippen LogP contribution in [-0.4, -0.2) is 16.0 Å². The number of benzene rings is 4. The van der Waals surface area contributed by atoms with Crippen molar-refractivity contribution in [2.45, 2.75) is 13.2 Å². The Morgan fingerprint density at radius 3 is 2.43 bits per heavy atom. The maximum absolute atomic E-state index is 12.9. The highest BCUT2D eigenvalue weighted by Crippen LogP contribution is 2.34. The third kappa shape index (κ3) is 5.22. The molecular formula is C28H19Cl2NO3S. The lowest BCUT2D eigenvalue weighted by Crippen LogP contribution is -2.27. The van der Waals surface area contributed by atoms with Crippen molar-refractivity contribution in [3.8, 4) is 5.75 Å². The van der Waals surface area contributed by atoms with E-state index in [9.17, 15) is 9.59 Å². The van der Waals surface area contributed by atoms with E-state index in [0.717, 1.165) is 28.6 Å².